The first-order valence-electron chi connectivity index (χ1n) is 8.42. The van der Waals surface area contributed by atoms with Crippen LogP contribution in [-0.4, -0.2) is 49.7 Å². The van der Waals surface area contributed by atoms with Crippen molar-refractivity contribution in [1.29, 1.82) is 0 Å². The first kappa shape index (κ1) is 17.6. The van der Waals surface area contributed by atoms with Crippen LogP contribution in [0, 0.1) is 0 Å². The van der Waals surface area contributed by atoms with Crippen molar-refractivity contribution in [3.05, 3.63) is 71.8 Å². The zero-order valence-electron chi connectivity index (χ0n) is 14.0. The van der Waals surface area contributed by atoms with E-state index in [-0.39, 0.29) is 11.7 Å². The quantitative estimate of drug-likeness (QED) is 0.843. The highest BCUT2D eigenvalue weighted by Crippen LogP contribution is 2.15. The number of hydrogen-bond donors (Lipinski definition) is 0. The maximum atomic E-state index is 12.7. The van der Waals surface area contributed by atoms with Crippen molar-refractivity contribution in [1.82, 2.24) is 9.21 Å². The van der Waals surface area contributed by atoms with Crippen LogP contribution in [-0.2, 0) is 15.8 Å². The lowest BCUT2D eigenvalue weighted by molar-refractivity contribution is 0.0764. The molecule has 0 bridgehead atoms. The molecule has 2 aromatic carbocycles. The van der Waals surface area contributed by atoms with Crippen LogP contribution in [0.5, 0.6) is 0 Å². The molecule has 2 aromatic rings. The fourth-order valence-corrected chi connectivity index (χ4v) is 4.58. The maximum absolute atomic E-state index is 12.7. The van der Waals surface area contributed by atoms with Gasteiger partial charge in [0.05, 0.1) is 5.75 Å². The Balaban J connectivity index is 1.66. The van der Waals surface area contributed by atoms with Gasteiger partial charge in [-0.15, -0.1) is 0 Å². The van der Waals surface area contributed by atoms with E-state index in [1.807, 2.05) is 48.5 Å². The van der Waals surface area contributed by atoms with Gasteiger partial charge in [0.25, 0.3) is 5.91 Å². The molecule has 1 fully saturated rings. The van der Waals surface area contributed by atoms with Crippen molar-refractivity contribution < 1.29 is 13.2 Å². The van der Waals surface area contributed by atoms with E-state index < -0.39 is 10.0 Å². The molecule has 132 valence electrons. The molecule has 1 aliphatic heterocycles. The molecule has 0 spiro atoms. The van der Waals surface area contributed by atoms with E-state index in [0.717, 1.165) is 5.56 Å². The first-order chi connectivity index (χ1) is 12.1. The first-order valence-corrected chi connectivity index (χ1v) is 10.0. The zero-order valence-corrected chi connectivity index (χ0v) is 14.9. The van der Waals surface area contributed by atoms with Gasteiger partial charge in [0, 0.05) is 31.7 Å². The molecular formula is C19H22N2O3S. The number of benzene rings is 2. The minimum atomic E-state index is -3.38. The van der Waals surface area contributed by atoms with Crippen LogP contribution in [0.2, 0.25) is 0 Å². The fraction of sp³-hybridized carbons (Fsp3) is 0.316. The Morgan fingerprint density at radius 3 is 2.16 bits per heavy atom. The second kappa shape index (κ2) is 7.80. The molecule has 1 aliphatic rings. The summed E-state index contributed by atoms with van der Waals surface area (Å²) in [5.74, 6) is -0.0385. The van der Waals surface area contributed by atoms with E-state index in [9.17, 15) is 13.2 Å². The summed E-state index contributed by atoms with van der Waals surface area (Å²) in [6, 6.07) is 18.3. The van der Waals surface area contributed by atoms with E-state index in [2.05, 4.69) is 0 Å². The van der Waals surface area contributed by atoms with Crippen LogP contribution in [0.15, 0.2) is 60.7 Å². The Morgan fingerprint density at radius 2 is 1.48 bits per heavy atom. The standard InChI is InChI=1S/C19H22N2O3S/c22-19(18-10-5-2-6-11-18)20-12-7-13-21(15-14-20)25(23,24)16-17-8-3-1-4-9-17/h1-6,8-11H,7,12-16H2. The lowest BCUT2D eigenvalue weighted by Crippen LogP contribution is -2.37. The highest BCUT2D eigenvalue weighted by molar-refractivity contribution is 7.88. The van der Waals surface area contributed by atoms with Gasteiger partial charge < -0.3 is 4.90 Å². The van der Waals surface area contributed by atoms with Gasteiger partial charge in [0.2, 0.25) is 10.0 Å². The lowest BCUT2D eigenvalue weighted by atomic mass is 10.2. The van der Waals surface area contributed by atoms with E-state index in [1.54, 1.807) is 17.0 Å². The van der Waals surface area contributed by atoms with E-state index in [4.69, 9.17) is 0 Å². The summed E-state index contributed by atoms with van der Waals surface area (Å²) in [4.78, 5) is 14.3. The third-order valence-electron chi connectivity index (χ3n) is 4.35. The lowest BCUT2D eigenvalue weighted by Gasteiger charge is -2.22. The SMILES string of the molecule is O=C(c1ccccc1)N1CCCN(S(=O)(=O)Cc2ccccc2)CC1. The van der Waals surface area contributed by atoms with E-state index in [0.29, 0.717) is 38.2 Å². The van der Waals surface area contributed by atoms with Crippen molar-refractivity contribution in [2.45, 2.75) is 12.2 Å². The number of hydrogen-bond acceptors (Lipinski definition) is 3. The molecule has 3 rings (SSSR count). The number of carbonyl (C=O) groups is 1. The maximum Gasteiger partial charge on any atom is 0.253 e. The normalized spacial score (nSPS) is 16.4. The number of rotatable bonds is 4. The molecule has 1 saturated heterocycles. The third kappa shape index (κ3) is 4.46. The summed E-state index contributed by atoms with van der Waals surface area (Å²) < 4.78 is 26.9. The van der Waals surface area contributed by atoms with Gasteiger partial charge in [0.15, 0.2) is 0 Å². The van der Waals surface area contributed by atoms with Crippen LogP contribution in [0.25, 0.3) is 0 Å². The minimum absolute atomic E-state index is 0.000468. The number of amides is 1. The van der Waals surface area contributed by atoms with E-state index >= 15 is 0 Å². The van der Waals surface area contributed by atoms with Crippen molar-refractivity contribution in [2.24, 2.45) is 0 Å². The summed E-state index contributed by atoms with van der Waals surface area (Å²) in [5, 5.41) is 0. The predicted molar refractivity (Wildman–Crippen MR) is 97.6 cm³/mol. The minimum Gasteiger partial charge on any atom is -0.337 e. The van der Waals surface area contributed by atoms with Gasteiger partial charge in [-0.2, -0.15) is 4.31 Å². The molecular weight excluding hydrogens is 336 g/mol. The third-order valence-corrected chi connectivity index (χ3v) is 6.20. The predicted octanol–water partition coefficient (Wildman–Crippen LogP) is 2.36. The fourth-order valence-electron chi connectivity index (χ4n) is 3.01. The molecule has 0 saturated carbocycles. The van der Waals surface area contributed by atoms with Crippen molar-refractivity contribution in [3.8, 4) is 0 Å². The molecule has 0 radical (unpaired) electrons. The molecule has 0 unspecified atom stereocenters. The zero-order chi connectivity index (χ0) is 17.7. The molecule has 1 heterocycles. The molecule has 0 aliphatic carbocycles. The Hall–Kier alpha value is -2.18. The molecule has 5 nitrogen and oxygen atoms in total. The van der Waals surface area contributed by atoms with Gasteiger partial charge >= 0.3 is 0 Å². The van der Waals surface area contributed by atoms with Crippen LogP contribution in [0.1, 0.15) is 22.3 Å². The summed E-state index contributed by atoms with van der Waals surface area (Å²) in [7, 11) is -3.38. The van der Waals surface area contributed by atoms with Gasteiger partial charge in [-0.1, -0.05) is 48.5 Å². The summed E-state index contributed by atoms with van der Waals surface area (Å²) in [5.41, 5.74) is 1.42. The van der Waals surface area contributed by atoms with Gasteiger partial charge in [0.1, 0.15) is 0 Å². The average molecular weight is 358 g/mol. The van der Waals surface area contributed by atoms with Crippen molar-refractivity contribution in [3.63, 3.8) is 0 Å². The molecule has 0 atom stereocenters. The topological polar surface area (TPSA) is 57.7 Å². The number of nitrogens with zero attached hydrogens (tertiary/aromatic N) is 2. The van der Waals surface area contributed by atoms with E-state index in [1.165, 1.54) is 4.31 Å². The average Bonchev–Trinajstić information content (AvgIpc) is 2.89. The smallest absolute Gasteiger partial charge is 0.253 e. The molecule has 0 aromatic heterocycles. The van der Waals surface area contributed by atoms with Crippen molar-refractivity contribution in [2.75, 3.05) is 26.2 Å². The Bertz CT molecular complexity index is 807. The van der Waals surface area contributed by atoms with Crippen LogP contribution >= 0.6 is 0 Å². The second-order valence-electron chi connectivity index (χ2n) is 6.15. The monoisotopic (exact) mass is 358 g/mol. The van der Waals surface area contributed by atoms with Crippen LogP contribution in [0.4, 0.5) is 0 Å². The molecule has 25 heavy (non-hydrogen) atoms. The summed E-state index contributed by atoms with van der Waals surface area (Å²) >= 11 is 0. The second-order valence-corrected chi connectivity index (χ2v) is 8.12. The highest BCUT2D eigenvalue weighted by atomic mass is 32.2. The van der Waals surface area contributed by atoms with Crippen molar-refractivity contribution >= 4 is 15.9 Å². The Kier molecular flexibility index (Phi) is 5.50. The largest absolute Gasteiger partial charge is 0.337 e. The van der Waals surface area contributed by atoms with Gasteiger partial charge in [-0.05, 0) is 24.1 Å². The molecule has 6 heteroatoms. The van der Waals surface area contributed by atoms with Crippen LogP contribution in [0.3, 0.4) is 0 Å². The molecule has 0 N–H and O–H groups in total. The van der Waals surface area contributed by atoms with Gasteiger partial charge in [-0.25, -0.2) is 8.42 Å². The Morgan fingerprint density at radius 1 is 0.840 bits per heavy atom. The number of sulfonamides is 1. The Labute approximate surface area is 148 Å². The summed E-state index contributed by atoms with van der Waals surface area (Å²) in [6.45, 7) is 1.79. The van der Waals surface area contributed by atoms with Gasteiger partial charge in [-0.3, -0.25) is 4.79 Å². The molecule has 1 amide bonds. The number of carbonyl (C=O) groups excluding carboxylic acids is 1. The highest BCUT2D eigenvalue weighted by Gasteiger charge is 2.27. The van der Waals surface area contributed by atoms with Crippen LogP contribution < -0.4 is 0 Å². The summed E-state index contributed by atoms with van der Waals surface area (Å²) in [6.07, 6.45) is 0.645.